The first-order valence-electron chi connectivity index (χ1n) is 5.85. The molecule has 0 saturated carbocycles. The molecule has 6 heteroatoms. The fourth-order valence-corrected chi connectivity index (χ4v) is 1.46. The SMILES string of the molecule is O=C(COc1ccc(Cl)cc1)N/N=C/c1ccccn1. The minimum Gasteiger partial charge on any atom is -0.484 e. The summed E-state index contributed by atoms with van der Waals surface area (Å²) in [5.41, 5.74) is 3.01. The fourth-order valence-electron chi connectivity index (χ4n) is 1.33. The normalized spacial score (nSPS) is 10.4. The number of aromatic nitrogens is 1. The van der Waals surface area contributed by atoms with Crippen molar-refractivity contribution in [1.82, 2.24) is 10.4 Å². The molecule has 0 saturated heterocycles. The monoisotopic (exact) mass is 289 g/mol. The van der Waals surface area contributed by atoms with Crippen molar-refractivity contribution in [3.63, 3.8) is 0 Å². The minimum absolute atomic E-state index is 0.124. The van der Waals surface area contributed by atoms with Gasteiger partial charge in [0.25, 0.3) is 5.91 Å². The number of rotatable bonds is 5. The van der Waals surface area contributed by atoms with E-state index >= 15 is 0 Å². The zero-order valence-electron chi connectivity index (χ0n) is 10.5. The molecule has 20 heavy (non-hydrogen) atoms. The Kier molecular flexibility index (Phi) is 5.08. The maximum Gasteiger partial charge on any atom is 0.277 e. The Labute approximate surface area is 121 Å². The highest BCUT2D eigenvalue weighted by Crippen LogP contribution is 2.15. The average molecular weight is 290 g/mol. The van der Waals surface area contributed by atoms with Gasteiger partial charge in [0.15, 0.2) is 6.61 Å². The Hall–Kier alpha value is -2.40. The molecule has 0 unspecified atom stereocenters. The second kappa shape index (κ2) is 7.25. The lowest BCUT2D eigenvalue weighted by atomic mass is 10.3. The van der Waals surface area contributed by atoms with Gasteiger partial charge in [0.2, 0.25) is 0 Å². The number of carbonyl (C=O) groups excluding carboxylic acids is 1. The van der Waals surface area contributed by atoms with Crippen molar-refractivity contribution in [2.75, 3.05) is 6.61 Å². The van der Waals surface area contributed by atoms with Gasteiger partial charge < -0.3 is 4.74 Å². The molecule has 1 aromatic heterocycles. The van der Waals surface area contributed by atoms with E-state index in [0.29, 0.717) is 16.5 Å². The Morgan fingerprint density at radius 2 is 2.10 bits per heavy atom. The average Bonchev–Trinajstić information content (AvgIpc) is 2.48. The van der Waals surface area contributed by atoms with Crippen LogP contribution in [0.1, 0.15) is 5.69 Å². The quantitative estimate of drug-likeness (QED) is 0.678. The standard InChI is InChI=1S/C14H12ClN3O2/c15-11-4-6-13(7-5-11)20-10-14(19)18-17-9-12-3-1-2-8-16-12/h1-9H,10H2,(H,18,19)/b17-9+. The summed E-state index contributed by atoms with van der Waals surface area (Å²) in [6, 6.07) is 12.2. The summed E-state index contributed by atoms with van der Waals surface area (Å²) in [6.07, 6.45) is 3.10. The zero-order valence-corrected chi connectivity index (χ0v) is 11.2. The van der Waals surface area contributed by atoms with Gasteiger partial charge in [-0.25, -0.2) is 5.43 Å². The van der Waals surface area contributed by atoms with Crippen LogP contribution in [-0.2, 0) is 4.79 Å². The number of halogens is 1. The van der Waals surface area contributed by atoms with E-state index in [-0.39, 0.29) is 12.5 Å². The van der Waals surface area contributed by atoms with E-state index in [4.69, 9.17) is 16.3 Å². The van der Waals surface area contributed by atoms with Gasteiger partial charge in [-0.2, -0.15) is 5.10 Å². The lowest BCUT2D eigenvalue weighted by Crippen LogP contribution is -2.24. The van der Waals surface area contributed by atoms with Crippen LogP contribution < -0.4 is 10.2 Å². The molecule has 1 amide bonds. The summed E-state index contributed by atoms with van der Waals surface area (Å²) in [5, 5.41) is 4.39. The summed E-state index contributed by atoms with van der Waals surface area (Å²) in [6.45, 7) is -0.124. The van der Waals surface area contributed by atoms with E-state index < -0.39 is 0 Å². The van der Waals surface area contributed by atoms with Gasteiger partial charge in [-0.15, -0.1) is 0 Å². The summed E-state index contributed by atoms with van der Waals surface area (Å²) >= 11 is 5.74. The van der Waals surface area contributed by atoms with Crippen molar-refractivity contribution in [2.45, 2.75) is 0 Å². The third-order valence-corrected chi connectivity index (χ3v) is 2.51. The molecule has 2 aromatic rings. The fraction of sp³-hybridized carbons (Fsp3) is 0.0714. The summed E-state index contributed by atoms with van der Waals surface area (Å²) in [4.78, 5) is 15.5. The summed E-state index contributed by atoms with van der Waals surface area (Å²) in [7, 11) is 0. The molecule has 0 spiro atoms. The molecule has 2 rings (SSSR count). The second-order valence-electron chi connectivity index (χ2n) is 3.79. The number of hydrogen-bond donors (Lipinski definition) is 1. The van der Waals surface area contributed by atoms with Crippen LogP contribution in [0.4, 0.5) is 0 Å². The van der Waals surface area contributed by atoms with E-state index in [1.54, 1.807) is 42.6 Å². The highest BCUT2D eigenvalue weighted by Gasteiger charge is 2.01. The van der Waals surface area contributed by atoms with E-state index in [0.717, 1.165) is 0 Å². The number of hydrogen-bond acceptors (Lipinski definition) is 4. The van der Waals surface area contributed by atoms with E-state index in [1.165, 1.54) is 6.21 Å². The van der Waals surface area contributed by atoms with Crippen LogP contribution in [0.2, 0.25) is 5.02 Å². The molecular formula is C14H12ClN3O2. The molecule has 1 N–H and O–H groups in total. The first kappa shape index (κ1) is 14.0. The molecule has 1 heterocycles. The van der Waals surface area contributed by atoms with Crippen LogP contribution in [0.15, 0.2) is 53.8 Å². The molecule has 0 aliphatic carbocycles. The lowest BCUT2D eigenvalue weighted by Gasteiger charge is -2.04. The predicted molar refractivity (Wildman–Crippen MR) is 76.9 cm³/mol. The number of carbonyl (C=O) groups is 1. The smallest absolute Gasteiger partial charge is 0.277 e. The number of nitrogens with one attached hydrogen (secondary N) is 1. The predicted octanol–water partition coefficient (Wildman–Crippen LogP) is 2.26. The molecule has 0 fully saturated rings. The largest absolute Gasteiger partial charge is 0.484 e. The van der Waals surface area contributed by atoms with E-state index in [1.807, 2.05) is 6.07 Å². The van der Waals surface area contributed by atoms with Gasteiger partial charge >= 0.3 is 0 Å². The molecule has 102 valence electrons. The Morgan fingerprint density at radius 1 is 1.30 bits per heavy atom. The van der Waals surface area contributed by atoms with Gasteiger partial charge in [-0.3, -0.25) is 9.78 Å². The van der Waals surface area contributed by atoms with Crippen molar-refractivity contribution in [2.24, 2.45) is 5.10 Å². The van der Waals surface area contributed by atoms with Crippen molar-refractivity contribution >= 4 is 23.7 Å². The highest BCUT2D eigenvalue weighted by molar-refractivity contribution is 6.30. The first-order chi connectivity index (χ1) is 9.74. The van der Waals surface area contributed by atoms with Crippen LogP contribution in [0.5, 0.6) is 5.75 Å². The third-order valence-electron chi connectivity index (χ3n) is 2.26. The van der Waals surface area contributed by atoms with Crippen LogP contribution in [-0.4, -0.2) is 23.7 Å². The molecule has 0 aliphatic heterocycles. The Balaban J connectivity index is 1.76. The maximum absolute atomic E-state index is 11.5. The van der Waals surface area contributed by atoms with Crippen LogP contribution in [0.25, 0.3) is 0 Å². The summed E-state index contributed by atoms with van der Waals surface area (Å²) in [5.74, 6) is 0.213. The molecule has 0 radical (unpaired) electrons. The number of amides is 1. The summed E-state index contributed by atoms with van der Waals surface area (Å²) < 4.78 is 5.27. The number of pyridine rings is 1. The lowest BCUT2D eigenvalue weighted by molar-refractivity contribution is -0.123. The Bertz CT molecular complexity index is 585. The van der Waals surface area contributed by atoms with Crippen LogP contribution in [0.3, 0.4) is 0 Å². The van der Waals surface area contributed by atoms with Crippen molar-refractivity contribution in [1.29, 1.82) is 0 Å². The second-order valence-corrected chi connectivity index (χ2v) is 4.23. The topological polar surface area (TPSA) is 63.6 Å². The van der Waals surface area contributed by atoms with E-state index in [9.17, 15) is 4.79 Å². The first-order valence-corrected chi connectivity index (χ1v) is 6.23. The Morgan fingerprint density at radius 3 is 2.80 bits per heavy atom. The van der Waals surface area contributed by atoms with Gasteiger partial charge in [0.1, 0.15) is 5.75 Å². The van der Waals surface area contributed by atoms with Gasteiger partial charge in [0, 0.05) is 11.2 Å². The molecule has 0 aliphatic rings. The van der Waals surface area contributed by atoms with Crippen molar-refractivity contribution < 1.29 is 9.53 Å². The zero-order chi connectivity index (χ0) is 14.2. The number of nitrogens with zero attached hydrogens (tertiary/aromatic N) is 2. The molecule has 5 nitrogen and oxygen atoms in total. The third kappa shape index (κ3) is 4.70. The van der Waals surface area contributed by atoms with Crippen LogP contribution >= 0.6 is 11.6 Å². The number of ether oxygens (including phenoxy) is 1. The van der Waals surface area contributed by atoms with E-state index in [2.05, 4.69) is 15.5 Å². The number of hydrazone groups is 1. The van der Waals surface area contributed by atoms with Gasteiger partial charge in [-0.1, -0.05) is 17.7 Å². The highest BCUT2D eigenvalue weighted by atomic mass is 35.5. The minimum atomic E-state index is -0.355. The van der Waals surface area contributed by atoms with Gasteiger partial charge in [0.05, 0.1) is 11.9 Å². The molecule has 1 aromatic carbocycles. The number of benzene rings is 1. The molecule has 0 atom stereocenters. The maximum atomic E-state index is 11.5. The van der Waals surface area contributed by atoms with Crippen molar-refractivity contribution in [3.05, 3.63) is 59.4 Å². The molecular weight excluding hydrogens is 278 g/mol. The molecule has 0 bridgehead atoms. The van der Waals surface area contributed by atoms with Crippen molar-refractivity contribution in [3.8, 4) is 5.75 Å². The van der Waals surface area contributed by atoms with Crippen LogP contribution in [0, 0.1) is 0 Å². The van der Waals surface area contributed by atoms with Gasteiger partial charge in [-0.05, 0) is 36.4 Å².